The molecule has 4 amide bonds. The summed E-state index contributed by atoms with van der Waals surface area (Å²) < 4.78 is 0. The highest BCUT2D eigenvalue weighted by Gasteiger charge is 2.18. The van der Waals surface area contributed by atoms with Crippen molar-refractivity contribution in [1.82, 2.24) is 10.2 Å². The van der Waals surface area contributed by atoms with Crippen molar-refractivity contribution in [3.8, 4) is 0 Å². The van der Waals surface area contributed by atoms with E-state index in [1.807, 2.05) is 0 Å². The zero-order valence-electron chi connectivity index (χ0n) is 5.20. The maximum absolute atomic E-state index is 10.7. The van der Waals surface area contributed by atoms with Crippen molar-refractivity contribution in [3.05, 3.63) is 12.3 Å². The number of primary amides is 1. The summed E-state index contributed by atoms with van der Waals surface area (Å²) in [5.41, 5.74) is 4.85. The maximum Gasteiger partial charge on any atom is 0.329 e. The minimum Gasteiger partial charge on any atom is -0.351 e. The van der Waals surface area contributed by atoms with E-state index in [-0.39, 0.29) is 6.54 Å². The van der Waals surface area contributed by atoms with Gasteiger partial charge in [0.25, 0.3) is 0 Å². The van der Waals surface area contributed by atoms with Crippen LogP contribution in [0, 0.1) is 0 Å². The molecule has 0 bridgehead atoms. The van der Waals surface area contributed by atoms with Gasteiger partial charge in [-0.05, 0) is 6.08 Å². The van der Waals surface area contributed by atoms with Gasteiger partial charge in [-0.1, -0.05) is 0 Å². The average molecular weight is 141 g/mol. The van der Waals surface area contributed by atoms with Crippen LogP contribution in [-0.4, -0.2) is 23.5 Å². The fourth-order valence-corrected chi connectivity index (χ4v) is 0.639. The SMILES string of the molecule is NC(=O)N1CC=CNC1=O. The van der Waals surface area contributed by atoms with Crippen LogP contribution < -0.4 is 11.1 Å². The lowest BCUT2D eigenvalue weighted by atomic mass is 10.5. The van der Waals surface area contributed by atoms with Gasteiger partial charge in [-0.15, -0.1) is 0 Å². The Morgan fingerprint density at radius 1 is 1.80 bits per heavy atom. The monoisotopic (exact) mass is 141 g/mol. The summed E-state index contributed by atoms with van der Waals surface area (Å²) in [5.74, 6) is 0. The highest BCUT2D eigenvalue weighted by atomic mass is 16.2. The summed E-state index contributed by atoms with van der Waals surface area (Å²) in [7, 11) is 0. The second-order valence-corrected chi connectivity index (χ2v) is 1.80. The molecule has 1 aliphatic rings. The Morgan fingerprint density at radius 2 is 2.50 bits per heavy atom. The van der Waals surface area contributed by atoms with Crippen molar-refractivity contribution >= 4 is 12.1 Å². The summed E-state index contributed by atoms with van der Waals surface area (Å²) in [6, 6.07) is -1.21. The molecule has 0 aromatic rings. The second-order valence-electron chi connectivity index (χ2n) is 1.80. The summed E-state index contributed by atoms with van der Waals surface area (Å²) in [6.07, 6.45) is 3.11. The molecule has 1 heterocycles. The van der Waals surface area contributed by atoms with Gasteiger partial charge in [-0.2, -0.15) is 0 Å². The lowest BCUT2D eigenvalue weighted by molar-refractivity contribution is 0.196. The Labute approximate surface area is 57.5 Å². The van der Waals surface area contributed by atoms with Gasteiger partial charge in [0.05, 0.1) is 6.54 Å². The summed E-state index contributed by atoms with van der Waals surface area (Å²) >= 11 is 0. The smallest absolute Gasteiger partial charge is 0.329 e. The van der Waals surface area contributed by atoms with Gasteiger partial charge in [-0.25, -0.2) is 14.5 Å². The third-order valence-electron chi connectivity index (χ3n) is 1.12. The first-order valence-electron chi connectivity index (χ1n) is 2.74. The molecule has 0 fully saturated rings. The summed E-state index contributed by atoms with van der Waals surface area (Å²) in [6.45, 7) is 0.251. The number of urea groups is 2. The molecule has 0 aliphatic carbocycles. The van der Waals surface area contributed by atoms with Gasteiger partial charge in [0.15, 0.2) is 0 Å². The molecule has 0 aromatic heterocycles. The molecule has 0 radical (unpaired) electrons. The van der Waals surface area contributed by atoms with E-state index >= 15 is 0 Å². The Hall–Kier alpha value is -1.52. The quantitative estimate of drug-likeness (QED) is 0.481. The number of imide groups is 1. The third kappa shape index (κ3) is 1.07. The van der Waals surface area contributed by atoms with Crippen LogP contribution in [0.4, 0.5) is 9.59 Å². The van der Waals surface area contributed by atoms with Crippen molar-refractivity contribution in [2.24, 2.45) is 5.73 Å². The van der Waals surface area contributed by atoms with Gasteiger partial charge in [0, 0.05) is 6.20 Å². The molecule has 1 rings (SSSR count). The van der Waals surface area contributed by atoms with Crippen molar-refractivity contribution in [3.63, 3.8) is 0 Å². The van der Waals surface area contributed by atoms with E-state index in [0.717, 1.165) is 4.90 Å². The molecule has 0 spiro atoms. The van der Waals surface area contributed by atoms with E-state index < -0.39 is 12.1 Å². The highest BCUT2D eigenvalue weighted by Crippen LogP contribution is 1.94. The van der Waals surface area contributed by atoms with Crippen LogP contribution in [0.2, 0.25) is 0 Å². The molecule has 10 heavy (non-hydrogen) atoms. The Morgan fingerprint density at radius 3 is 2.90 bits per heavy atom. The van der Waals surface area contributed by atoms with E-state index in [9.17, 15) is 9.59 Å². The van der Waals surface area contributed by atoms with Crippen molar-refractivity contribution in [2.75, 3.05) is 6.54 Å². The number of hydrogen-bond donors (Lipinski definition) is 2. The van der Waals surface area contributed by atoms with Crippen LogP contribution in [-0.2, 0) is 0 Å². The first-order chi connectivity index (χ1) is 4.72. The molecule has 5 nitrogen and oxygen atoms in total. The standard InChI is InChI=1S/C5H7N3O2/c6-4(9)8-3-1-2-7-5(8)10/h1-2H,3H2,(H2,6,9)(H,7,10). The molecule has 0 aromatic carbocycles. The summed E-state index contributed by atoms with van der Waals surface area (Å²) in [5, 5.41) is 2.32. The van der Waals surface area contributed by atoms with E-state index in [2.05, 4.69) is 5.32 Å². The number of nitrogens with zero attached hydrogens (tertiary/aromatic N) is 1. The van der Waals surface area contributed by atoms with Crippen molar-refractivity contribution in [2.45, 2.75) is 0 Å². The number of amides is 4. The van der Waals surface area contributed by atoms with E-state index in [4.69, 9.17) is 5.73 Å². The number of carbonyl (C=O) groups excluding carboxylic acids is 2. The fraction of sp³-hybridized carbons (Fsp3) is 0.200. The molecular weight excluding hydrogens is 134 g/mol. The van der Waals surface area contributed by atoms with Crippen LogP contribution in [0.5, 0.6) is 0 Å². The zero-order chi connectivity index (χ0) is 7.56. The minimum absolute atomic E-state index is 0.251. The molecule has 0 saturated carbocycles. The Balaban J connectivity index is 2.68. The van der Waals surface area contributed by atoms with Crippen molar-refractivity contribution in [1.29, 1.82) is 0 Å². The lowest BCUT2D eigenvalue weighted by Gasteiger charge is -2.18. The molecule has 0 atom stereocenters. The van der Waals surface area contributed by atoms with E-state index in [0.29, 0.717) is 0 Å². The largest absolute Gasteiger partial charge is 0.351 e. The van der Waals surface area contributed by atoms with Crippen molar-refractivity contribution < 1.29 is 9.59 Å². The number of rotatable bonds is 0. The normalized spacial score (nSPS) is 16.8. The number of hydrogen-bond acceptors (Lipinski definition) is 2. The number of nitrogens with two attached hydrogens (primary N) is 1. The predicted molar refractivity (Wildman–Crippen MR) is 34.0 cm³/mol. The zero-order valence-corrected chi connectivity index (χ0v) is 5.20. The van der Waals surface area contributed by atoms with Gasteiger partial charge in [0.1, 0.15) is 0 Å². The number of nitrogens with one attached hydrogen (secondary N) is 1. The molecular formula is C5H7N3O2. The van der Waals surface area contributed by atoms with Gasteiger partial charge in [-0.3, -0.25) is 0 Å². The predicted octanol–water partition coefficient (Wildman–Crippen LogP) is -0.396. The molecule has 5 heteroatoms. The molecule has 0 saturated heterocycles. The van der Waals surface area contributed by atoms with Gasteiger partial charge in [0.2, 0.25) is 0 Å². The van der Waals surface area contributed by atoms with Gasteiger partial charge >= 0.3 is 12.1 Å². The minimum atomic E-state index is -0.734. The third-order valence-corrected chi connectivity index (χ3v) is 1.12. The first-order valence-corrected chi connectivity index (χ1v) is 2.74. The summed E-state index contributed by atoms with van der Waals surface area (Å²) in [4.78, 5) is 22.0. The molecule has 1 aliphatic heterocycles. The maximum atomic E-state index is 10.7. The number of carbonyl (C=O) groups is 2. The molecule has 54 valence electrons. The van der Waals surface area contributed by atoms with E-state index in [1.54, 1.807) is 6.08 Å². The van der Waals surface area contributed by atoms with Crippen LogP contribution in [0.15, 0.2) is 12.3 Å². The second kappa shape index (κ2) is 2.38. The topological polar surface area (TPSA) is 75.4 Å². The lowest BCUT2D eigenvalue weighted by Crippen LogP contribution is -2.47. The highest BCUT2D eigenvalue weighted by molar-refractivity contribution is 5.93. The van der Waals surface area contributed by atoms with Crippen LogP contribution in [0.1, 0.15) is 0 Å². The van der Waals surface area contributed by atoms with Crippen LogP contribution in [0.25, 0.3) is 0 Å². The van der Waals surface area contributed by atoms with E-state index in [1.165, 1.54) is 6.20 Å². The van der Waals surface area contributed by atoms with Crippen LogP contribution in [0.3, 0.4) is 0 Å². The fourth-order valence-electron chi connectivity index (χ4n) is 0.639. The molecule has 3 N–H and O–H groups in total. The molecule has 0 unspecified atom stereocenters. The first kappa shape index (κ1) is 6.60. The average Bonchev–Trinajstić information content (AvgIpc) is 1.88. The van der Waals surface area contributed by atoms with Gasteiger partial charge < -0.3 is 11.1 Å². The Kier molecular flexibility index (Phi) is 1.57. The Bertz CT molecular complexity index is 199. The van der Waals surface area contributed by atoms with Crippen LogP contribution >= 0.6 is 0 Å².